The first-order valence-electron chi connectivity index (χ1n) is 11.3. The largest absolute Gasteiger partial charge is 0.389 e. The predicted molar refractivity (Wildman–Crippen MR) is 126 cm³/mol. The van der Waals surface area contributed by atoms with Gasteiger partial charge in [-0.1, -0.05) is 48.5 Å². The van der Waals surface area contributed by atoms with Gasteiger partial charge in [0.05, 0.1) is 17.3 Å². The minimum absolute atomic E-state index is 0.306. The van der Waals surface area contributed by atoms with Crippen molar-refractivity contribution in [2.24, 2.45) is 22.6 Å². The van der Waals surface area contributed by atoms with E-state index < -0.39 is 67.1 Å². The van der Waals surface area contributed by atoms with E-state index in [4.69, 9.17) is 5.73 Å². The summed E-state index contributed by atoms with van der Waals surface area (Å²) in [5.74, 6) is -10.7. The number of fused-ring (bicyclic) bond motifs is 1. The lowest BCUT2D eigenvalue weighted by atomic mass is 9.83. The smallest absolute Gasteiger partial charge is 0.369 e. The molecule has 3 atom stereocenters. The van der Waals surface area contributed by atoms with Crippen LogP contribution in [0, 0.1) is 11.8 Å². The molecule has 0 unspecified atom stereocenters. The van der Waals surface area contributed by atoms with E-state index in [0.717, 1.165) is 0 Å². The van der Waals surface area contributed by atoms with E-state index in [1.54, 1.807) is 54.6 Å². The standard InChI is InChI=1S/C25H25F5N4O3/c1-24(26,27)13-17(15(20(31)35)11-12-25(28,29)30)22(36)34-21-23(37)32-18-10-6-5-9-16(18)19(33-21)14-7-3-2-4-8-14/h2-10,15,17,21H,11-13H2,1H3,(H2,31,35)(H,32,37)(H,34,36)/t15-,17+,21-/m1/s1. The predicted octanol–water partition coefficient (Wildman–Crippen LogP) is 4.02. The zero-order valence-electron chi connectivity index (χ0n) is 19.7. The Morgan fingerprint density at radius 1 is 1.03 bits per heavy atom. The zero-order chi connectivity index (χ0) is 27.4. The van der Waals surface area contributed by atoms with Crippen molar-refractivity contribution in [2.45, 2.75) is 44.5 Å². The van der Waals surface area contributed by atoms with E-state index in [9.17, 15) is 36.3 Å². The zero-order valence-corrected chi connectivity index (χ0v) is 19.7. The second-order valence-electron chi connectivity index (χ2n) is 8.83. The van der Waals surface area contributed by atoms with Gasteiger partial charge < -0.3 is 16.4 Å². The molecule has 7 nitrogen and oxygen atoms in total. The van der Waals surface area contributed by atoms with Crippen LogP contribution in [0.25, 0.3) is 0 Å². The molecule has 1 aliphatic rings. The van der Waals surface area contributed by atoms with Crippen LogP contribution in [0.1, 0.15) is 37.3 Å². The molecule has 3 rings (SSSR count). The van der Waals surface area contributed by atoms with Gasteiger partial charge in [-0.2, -0.15) is 13.2 Å². The molecule has 2 aromatic rings. The number of anilines is 1. The van der Waals surface area contributed by atoms with Crippen molar-refractivity contribution in [1.29, 1.82) is 0 Å². The molecule has 0 aliphatic carbocycles. The maximum absolute atomic E-state index is 14.0. The molecule has 0 fully saturated rings. The van der Waals surface area contributed by atoms with E-state index in [-0.39, 0.29) is 0 Å². The maximum Gasteiger partial charge on any atom is 0.389 e. The van der Waals surface area contributed by atoms with Crippen LogP contribution in [0.4, 0.5) is 27.6 Å². The molecule has 12 heteroatoms. The van der Waals surface area contributed by atoms with Gasteiger partial charge in [-0.15, -0.1) is 0 Å². The van der Waals surface area contributed by atoms with Crippen molar-refractivity contribution in [3.63, 3.8) is 0 Å². The van der Waals surface area contributed by atoms with Crippen LogP contribution in [0.15, 0.2) is 59.6 Å². The Labute approximate surface area is 209 Å². The number of halogens is 5. The maximum atomic E-state index is 14.0. The van der Waals surface area contributed by atoms with Crippen molar-refractivity contribution >= 4 is 29.1 Å². The van der Waals surface area contributed by atoms with Gasteiger partial charge in [0.2, 0.25) is 23.9 Å². The van der Waals surface area contributed by atoms with Gasteiger partial charge in [0.15, 0.2) is 0 Å². The molecule has 2 aromatic carbocycles. The van der Waals surface area contributed by atoms with Crippen LogP contribution in [0.3, 0.4) is 0 Å². The number of nitrogens with two attached hydrogens (primary N) is 1. The number of hydrogen-bond acceptors (Lipinski definition) is 4. The number of hydrogen-bond donors (Lipinski definition) is 3. The third-order valence-electron chi connectivity index (χ3n) is 5.78. The number of primary amides is 1. The number of benzodiazepines with no additional fused rings is 1. The molecule has 0 spiro atoms. The number of rotatable bonds is 9. The Balaban J connectivity index is 1.98. The van der Waals surface area contributed by atoms with Gasteiger partial charge in [0.25, 0.3) is 5.91 Å². The van der Waals surface area contributed by atoms with Crippen molar-refractivity contribution < 1.29 is 36.3 Å². The van der Waals surface area contributed by atoms with Gasteiger partial charge in [0.1, 0.15) is 0 Å². The first-order chi connectivity index (χ1) is 17.2. The van der Waals surface area contributed by atoms with E-state index in [0.29, 0.717) is 29.4 Å². The fourth-order valence-corrected chi connectivity index (χ4v) is 4.09. The molecule has 37 heavy (non-hydrogen) atoms. The van der Waals surface area contributed by atoms with Crippen molar-refractivity contribution in [3.05, 3.63) is 65.7 Å². The van der Waals surface area contributed by atoms with Crippen LogP contribution in [0.2, 0.25) is 0 Å². The molecular weight excluding hydrogens is 499 g/mol. The topological polar surface area (TPSA) is 114 Å². The third-order valence-corrected chi connectivity index (χ3v) is 5.78. The summed E-state index contributed by atoms with van der Waals surface area (Å²) in [5, 5.41) is 4.84. The van der Waals surface area contributed by atoms with Gasteiger partial charge >= 0.3 is 6.18 Å². The summed E-state index contributed by atoms with van der Waals surface area (Å²) in [7, 11) is 0. The monoisotopic (exact) mass is 524 g/mol. The summed E-state index contributed by atoms with van der Waals surface area (Å²) in [6.45, 7) is 0.468. The van der Waals surface area contributed by atoms with Crippen molar-refractivity contribution in [1.82, 2.24) is 5.32 Å². The van der Waals surface area contributed by atoms with Gasteiger partial charge in [0, 0.05) is 29.9 Å². The molecule has 4 N–H and O–H groups in total. The number of benzene rings is 2. The first kappa shape index (κ1) is 27.8. The molecule has 198 valence electrons. The highest BCUT2D eigenvalue weighted by molar-refractivity contribution is 6.19. The van der Waals surface area contributed by atoms with E-state index in [1.165, 1.54) is 0 Å². The van der Waals surface area contributed by atoms with Gasteiger partial charge in [-0.25, -0.2) is 13.8 Å². The lowest BCUT2D eigenvalue weighted by Crippen LogP contribution is -2.49. The number of aliphatic imine (C=N–C) groups is 1. The molecule has 0 radical (unpaired) electrons. The number of nitrogens with zero attached hydrogens (tertiary/aromatic N) is 1. The summed E-state index contributed by atoms with van der Waals surface area (Å²) in [6, 6.07) is 15.3. The molecular formula is C25H25F5N4O3. The highest BCUT2D eigenvalue weighted by Crippen LogP contribution is 2.33. The van der Waals surface area contributed by atoms with Gasteiger partial charge in [-0.05, 0) is 19.4 Å². The fourth-order valence-electron chi connectivity index (χ4n) is 4.09. The van der Waals surface area contributed by atoms with Crippen molar-refractivity contribution in [2.75, 3.05) is 5.32 Å². The number of para-hydroxylation sites is 1. The Kier molecular flexibility index (Phi) is 8.29. The van der Waals surface area contributed by atoms with E-state index in [2.05, 4.69) is 15.6 Å². The molecule has 0 aromatic heterocycles. The number of carbonyl (C=O) groups is 3. The minimum Gasteiger partial charge on any atom is -0.369 e. The third kappa shape index (κ3) is 7.58. The molecule has 0 saturated carbocycles. The van der Waals surface area contributed by atoms with Crippen LogP contribution >= 0.6 is 0 Å². The first-order valence-corrected chi connectivity index (χ1v) is 11.3. The van der Waals surface area contributed by atoms with Gasteiger partial charge in [-0.3, -0.25) is 14.4 Å². The van der Waals surface area contributed by atoms with Crippen LogP contribution in [0.5, 0.6) is 0 Å². The Morgan fingerprint density at radius 2 is 1.65 bits per heavy atom. The van der Waals surface area contributed by atoms with Crippen LogP contribution in [-0.2, 0) is 14.4 Å². The SMILES string of the molecule is CC(F)(F)C[C@H](C(=O)N[C@H]1N=C(c2ccccc2)c2ccccc2NC1=O)[C@@H](CCC(F)(F)F)C(N)=O. The highest BCUT2D eigenvalue weighted by Gasteiger charge is 2.42. The average molecular weight is 524 g/mol. The van der Waals surface area contributed by atoms with Crippen LogP contribution in [-0.4, -0.2) is 41.7 Å². The number of alkyl halides is 5. The van der Waals surface area contributed by atoms with E-state index >= 15 is 0 Å². The number of amides is 3. The average Bonchev–Trinajstić information content (AvgIpc) is 2.93. The quantitative estimate of drug-likeness (QED) is 0.431. The summed E-state index contributed by atoms with van der Waals surface area (Å²) in [6.07, 6.45) is -10.1. The normalized spacial score (nSPS) is 17.5. The molecule has 0 saturated heterocycles. The molecule has 1 heterocycles. The van der Waals surface area contributed by atoms with Crippen LogP contribution < -0.4 is 16.4 Å². The summed E-state index contributed by atoms with van der Waals surface area (Å²) < 4.78 is 66.3. The Hall–Kier alpha value is -3.83. The second-order valence-corrected chi connectivity index (χ2v) is 8.83. The Bertz CT molecular complexity index is 1180. The van der Waals surface area contributed by atoms with Crippen molar-refractivity contribution in [3.8, 4) is 0 Å². The lowest BCUT2D eigenvalue weighted by molar-refractivity contribution is -0.148. The molecule has 0 bridgehead atoms. The highest BCUT2D eigenvalue weighted by atomic mass is 19.4. The number of carbonyl (C=O) groups excluding carboxylic acids is 3. The summed E-state index contributed by atoms with van der Waals surface area (Å²) in [5.41, 5.74) is 7.02. The molecule has 3 amide bonds. The minimum atomic E-state index is -4.70. The summed E-state index contributed by atoms with van der Waals surface area (Å²) in [4.78, 5) is 42.4. The fraction of sp³-hybridized carbons (Fsp3) is 0.360. The lowest BCUT2D eigenvalue weighted by Gasteiger charge is -2.27. The Morgan fingerprint density at radius 3 is 2.24 bits per heavy atom. The second kappa shape index (κ2) is 11.1. The summed E-state index contributed by atoms with van der Waals surface area (Å²) >= 11 is 0. The molecule has 1 aliphatic heterocycles. The number of nitrogens with one attached hydrogen (secondary N) is 2. The van der Waals surface area contributed by atoms with E-state index in [1.807, 2.05) is 0 Å².